The quantitative estimate of drug-likeness (QED) is 0.730. The minimum atomic E-state index is -1.43. The summed E-state index contributed by atoms with van der Waals surface area (Å²) in [6, 6.07) is 8.35. The largest absolute Gasteiger partial charge is 0.546 e. The van der Waals surface area contributed by atoms with Gasteiger partial charge in [-0.1, -0.05) is 11.6 Å². The third kappa shape index (κ3) is 2.70. The Bertz CT molecular complexity index is 920. The predicted octanol–water partition coefficient (Wildman–Crippen LogP) is 1.88. The van der Waals surface area contributed by atoms with E-state index in [0.717, 1.165) is 5.56 Å². The van der Waals surface area contributed by atoms with Crippen molar-refractivity contribution >= 4 is 16.9 Å². The zero-order valence-corrected chi connectivity index (χ0v) is 12.5. The Kier molecular flexibility index (Phi) is 3.65. The molecular formula is C17H13O6-. The Labute approximate surface area is 130 Å². The van der Waals surface area contributed by atoms with Crippen LogP contribution in [-0.2, 0) is 4.79 Å². The highest BCUT2D eigenvalue weighted by atomic mass is 16.5. The van der Waals surface area contributed by atoms with Gasteiger partial charge in [0.05, 0.1) is 17.6 Å². The van der Waals surface area contributed by atoms with E-state index in [1.807, 2.05) is 13.0 Å². The van der Waals surface area contributed by atoms with Crippen LogP contribution in [0.25, 0.3) is 22.5 Å². The second kappa shape index (κ2) is 5.64. The standard InChI is InChI=1S/C17H14O6/c1-9-5-6-12-11(8-9)14(18)16(22-10(2)17(19)20)15(23-12)13-4-3-7-21-13/h3-8,10H,1-2H3,(H,19,20)/p-1/t10-/m1/s1. The minimum Gasteiger partial charge on any atom is -0.546 e. The fraction of sp³-hybridized carbons (Fsp3) is 0.176. The predicted molar refractivity (Wildman–Crippen MR) is 80.0 cm³/mol. The number of benzene rings is 1. The maximum absolute atomic E-state index is 12.7. The van der Waals surface area contributed by atoms with Gasteiger partial charge >= 0.3 is 0 Å². The van der Waals surface area contributed by atoms with Crippen LogP contribution in [0.1, 0.15) is 12.5 Å². The number of fused-ring (bicyclic) bond motifs is 1. The van der Waals surface area contributed by atoms with Crippen molar-refractivity contribution in [3.63, 3.8) is 0 Å². The second-order valence-electron chi connectivity index (χ2n) is 5.15. The molecular weight excluding hydrogens is 300 g/mol. The van der Waals surface area contributed by atoms with E-state index in [4.69, 9.17) is 13.6 Å². The monoisotopic (exact) mass is 313 g/mol. The number of carbonyl (C=O) groups excluding carboxylic acids is 1. The summed E-state index contributed by atoms with van der Waals surface area (Å²) in [5.41, 5.74) is 0.768. The van der Waals surface area contributed by atoms with Crippen molar-refractivity contribution in [2.75, 3.05) is 0 Å². The van der Waals surface area contributed by atoms with Crippen LogP contribution < -0.4 is 15.3 Å². The summed E-state index contributed by atoms with van der Waals surface area (Å²) in [5, 5.41) is 11.2. The molecule has 0 fully saturated rings. The second-order valence-corrected chi connectivity index (χ2v) is 5.15. The number of hydrogen-bond acceptors (Lipinski definition) is 6. The highest BCUT2D eigenvalue weighted by molar-refractivity contribution is 5.82. The molecule has 2 aromatic heterocycles. The number of aryl methyl sites for hydroxylation is 1. The van der Waals surface area contributed by atoms with E-state index in [2.05, 4.69) is 0 Å². The van der Waals surface area contributed by atoms with Crippen LogP contribution in [0, 0.1) is 6.92 Å². The molecule has 0 aliphatic carbocycles. The third-order valence-electron chi connectivity index (χ3n) is 3.38. The van der Waals surface area contributed by atoms with Crippen LogP contribution in [0.5, 0.6) is 5.75 Å². The first-order valence-electron chi connectivity index (χ1n) is 6.96. The number of carboxylic acids is 1. The normalized spacial score (nSPS) is 12.3. The summed E-state index contributed by atoms with van der Waals surface area (Å²) < 4.78 is 16.3. The van der Waals surface area contributed by atoms with Crippen molar-refractivity contribution in [1.82, 2.24) is 0 Å². The van der Waals surface area contributed by atoms with Gasteiger partial charge < -0.3 is 23.5 Å². The SMILES string of the molecule is Cc1ccc2oc(-c3ccco3)c(O[C@H](C)C(=O)[O-])c(=O)c2c1. The van der Waals surface area contributed by atoms with Gasteiger partial charge in [0.2, 0.25) is 16.9 Å². The van der Waals surface area contributed by atoms with Crippen LogP contribution in [0.3, 0.4) is 0 Å². The Morgan fingerprint density at radius 1 is 1.30 bits per heavy atom. The van der Waals surface area contributed by atoms with Gasteiger partial charge in [-0.15, -0.1) is 0 Å². The Hall–Kier alpha value is -3.02. The zero-order chi connectivity index (χ0) is 16.6. The topological polar surface area (TPSA) is 92.7 Å². The first-order valence-corrected chi connectivity index (χ1v) is 6.96. The maximum atomic E-state index is 12.7. The summed E-state index contributed by atoms with van der Waals surface area (Å²) >= 11 is 0. The van der Waals surface area contributed by atoms with Gasteiger partial charge in [0.25, 0.3) is 0 Å². The molecule has 2 heterocycles. The summed E-state index contributed by atoms with van der Waals surface area (Å²) in [7, 11) is 0. The van der Waals surface area contributed by atoms with Gasteiger partial charge in [-0.05, 0) is 38.1 Å². The molecule has 0 amide bonds. The molecule has 23 heavy (non-hydrogen) atoms. The van der Waals surface area contributed by atoms with Crippen molar-refractivity contribution in [3.05, 3.63) is 52.4 Å². The molecule has 0 aliphatic rings. The molecule has 0 N–H and O–H groups in total. The molecule has 3 rings (SSSR count). The molecule has 6 nitrogen and oxygen atoms in total. The third-order valence-corrected chi connectivity index (χ3v) is 3.38. The summed E-state index contributed by atoms with van der Waals surface area (Å²) in [5.74, 6) is -1.33. The van der Waals surface area contributed by atoms with E-state index in [0.29, 0.717) is 11.0 Å². The maximum Gasteiger partial charge on any atom is 0.235 e. The molecule has 0 bridgehead atoms. The molecule has 1 aromatic carbocycles. The van der Waals surface area contributed by atoms with Gasteiger partial charge in [-0.3, -0.25) is 4.79 Å². The average molecular weight is 313 g/mol. The number of aliphatic carboxylic acids is 1. The molecule has 0 aliphatic heterocycles. The molecule has 0 spiro atoms. The van der Waals surface area contributed by atoms with Gasteiger partial charge in [-0.2, -0.15) is 0 Å². The molecule has 0 radical (unpaired) electrons. The van der Waals surface area contributed by atoms with Crippen molar-refractivity contribution in [2.45, 2.75) is 20.0 Å². The fourth-order valence-corrected chi connectivity index (χ4v) is 2.19. The molecule has 0 saturated carbocycles. The Morgan fingerprint density at radius 2 is 2.09 bits per heavy atom. The number of ether oxygens (including phenoxy) is 1. The van der Waals surface area contributed by atoms with Crippen molar-refractivity contribution < 1.29 is 23.5 Å². The fourth-order valence-electron chi connectivity index (χ4n) is 2.19. The van der Waals surface area contributed by atoms with E-state index in [1.54, 1.807) is 24.3 Å². The van der Waals surface area contributed by atoms with Gasteiger partial charge in [0.1, 0.15) is 11.7 Å². The summed E-state index contributed by atoms with van der Waals surface area (Å²) in [6.07, 6.45) is 0.106. The molecule has 6 heteroatoms. The number of hydrogen-bond donors (Lipinski definition) is 0. The van der Waals surface area contributed by atoms with Gasteiger partial charge in [-0.25, -0.2) is 0 Å². The van der Waals surface area contributed by atoms with E-state index in [1.165, 1.54) is 13.2 Å². The van der Waals surface area contributed by atoms with Crippen LogP contribution in [-0.4, -0.2) is 12.1 Å². The highest BCUT2D eigenvalue weighted by Crippen LogP contribution is 2.31. The van der Waals surface area contributed by atoms with Crippen LogP contribution >= 0.6 is 0 Å². The first kappa shape index (κ1) is 14.9. The van der Waals surface area contributed by atoms with E-state index in [9.17, 15) is 14.7 Å². The number of rotatable bonds is 4. The molecule has 1 atom stereocenters. The average Bonchev–Trinajstić information content (AvgIpc) is 3.04. The van der Waals surface area contributed by atoms with Crippen LogP contribution in [0.2, 0.25) is 0 Å². The van der Waals surface area contributed by atoms with Crippen molar-refractivity contribution in [2.24, 2.45) is 0 Å². The first-order chi connectivity index (χ1) is 11.0. The van der Waals surface area contributed by atoms with E-state index in [-0.39, 0.29) is 17.3 Å². The number of carbonyl (C=O) groups is 1. The van der Waals surface area contributed by atoms with Crippen LogP contribution in [0.15, 0.2) is 50.2 Å². The van der Waals surface area contributed by atoms with Crippen LogP contribution in [0.4, 0.5) is 0 Å². The molecule has 3 aromatic rings. The van der Waals surface area contributed by atoms with Gasteiger partial charge in [0, 0.05) is 0 Å². The lowest BCUT2D eigenvalue weighted by Gasteiger charge is -2.16. The Morgan fingerprint density at radius 3 is 2.74 bits per heavy atom. The molecule has 0 saturated heterocycles. The lowest BCUT2D eigenvalue weighted by molar-refractivity contribution is -0.312. The van der Waals surface area contributed by atoms with E-state index < -0.39 is 17.5 Å². The van der Waals surface area contributed by atoms with E-state index >= 15 is 0 Å². The summed E-state index contributed by atoms with van der Waals surface area (Å²) in [4.78, 5) is 23.7. The highest BCUT2D eigenvalue weighted by Gasteiger charge is 2.21. The molecule has 118 valence electrons. The Balaban J connectivity index is 2.28. The number of furan rings is 1. The number of carboxylic acid groups (broad SMARTS) is 1. The lowest BCUT2D eigenvalue weighted by Crippen LogP contribution is -2.38. The van der Waals surface area contributed by atoms with Crippen molar-refractivity contribution in [3.8, 4) is 17.3 Å². The lowest BCUT2D eigenvalue weighted by atomic mass is 10.1. The van der Waals surface area contributed by atoms with Gasteiger partial charge in [0.15, 0.2) is 5.76 Å². The minimum absolute atomic E-state index is 0.0458. The molecule has 0 unspecified atom stereocenters. The van der Waals surface area contributed by atoms with Crippen molar-refractivity contribution in [1.29, 1.82) is 0 Å². The zero-order valence-electron chi connectivity index (χ0n) is 12.5. The summed E-state index contributed by atoms with van der Waals surface area (Å²) in [6.45, 7) is 3.12. The smallest absolute Gasteiger partial charge is 0.235 e.